The van der Waals surface area contributed by atoms with Crippen LogP contribution in [0.2, 0.25) is 5.02 Å². The van der Waals surface area contributed by atoms with Crippen LogP contribution >= 0.6 is 11.6 Å². The van der Waals surface area contributed by atoms with Crippen molar-refractivity contribution in [3.8, 4) is 11.5 Å². The van der Waals surface area contributed by atoms with E-state index in [2.05, 4.69) is 55.8 Å². The van der Waals surface area contributed by atoms with Crippen LogP contribution < -0.4 is 19.7 Å². The summed E-state index contributed by atoms with van der Waals surface area (Å²) in [4.78, 5) is 38.7. The number of sulfonamides is 1. The second-order valence-corrected chi connectivity index (χ2v) is 20.1. The van der Waals surface area contributed by atoms with Crippen LogP contribution in [-0.4, -0.2) is 106 Å². The second kappa shape index (κ2) is 18.4. The lowest BCUT2D eigenvalue weighted by Gasteiger charge is -2.39. The van der Waals surface area contributed by atoms with Crippen LogP contribution in [0.4, 0.5) is 17.1 Å². The van der Waals surface area contributed by atoms with Crippen LogP contribution in [0.3, 0.4) is 0 Å². The number of nitrogens with one attached hydrogen (secondary N) is 3. The Morgan fingerprint density at radius 1 is 1.03 bits per heavy atom. The van der Waals surface area contributed by atoms with Gasteiger partial charge in [-0.15, -0.1) is 0 Å². The average Bonchev–Trinajstić information content (AvgIpc) is 3.90. The van der Waals surface area contributed by atoms with E-state index in [1.54, 1.807) is 29.3 Å². The Morgan fingerprint density at radius 3 is 2.56 bits per heavy atom. The molecule has 2 fully saturated rings. The molecule has 1 amide bonds. The number of aromatic amines is 1. The standard InChI is InChI=1S/C44H49ClN8O8S2/c1-44(2)14-11-31(38(24-44)29-3-5-32(45)6-4-29)26-50-17-19-52(20-18-50)34-7-9-37(41(22-34)61-35-21-30-12-15-46-42(30)47-25-35)43(54)49-63(59,60)36-8-10-39(40(23-36)53(55)56)48-33-13-16-51(27-33)28-62(57)58/h3-10,12,15,21-23,25,33,48H,11,13-14,16-20,24,26-28H2,1-2H3,(H,46,47)(H,49,54)(H,57,58)/p-1/t33-/m1/s1. The van der Waals surface area contributed by atoms with E-state index < -0.39 is 42.5 Å². The van der Waals surface area contributed by atoms with Crippen LogP contribution in [0.5, 0.6) is 11.5 Å². The zero-order chi connectivity index (χ0) is 44.5. The smallest absolute Gasteiger partial charge is 0.293 e. The third-order valence-corrected chi connectivity index (χ3v) is 14.1. The SMILES string of the molecule is CC1(C)CCC(CN2CCN(c3ccc(C(=O)NS(=O)(=O)c4ccc(N[C@@H]5CCN(CS(=O)[O-])C5)c([N+](=O)[O-])c4)c(Oc4cnc5[nH]ccc5c4)c3)CC2)=C(c2ccc(Cl)cc2)C1. The second-order valence-electron chi connectivity index (χ2n) is 17.1. The number of ether oxygens (including phenoxy) is 1. The van der Waals surface area contributed by atoms with E-state index in [1.807, 2.05) is 18.2 Å². The minimum Gasteiger partial charge on any atom is -0.771 e. The number of nitrogens with zero attached hydrogens (tertiary/aromatic N) is 5. The number of likely N-dealkylation sites (tertiary alicyclic amines) is 1. The first-order valence-electron chi connectivity index (χ1n) is 20.7. The fourth-order valence-electron chi connectivity index (χ4n) is 8.60. The monoisotopic (exact) mass is 915 g/mol. The van der Waals surface area contributed by atoms with Crippen LogP contribution in [0, 0.1) is 15.5 Å². The van der Waals surface area contributed by atoms with Crippen molar-refractivity contribution in [2.45, 2.75) is 50.5 Å². The summed E-state index contributed by atoms with van der Waals surface area (Å²) in [5.41, 5.74) is 5.18. The molecular formula is C44H48ClN8O8S2-. The molecule has 1 unspecified atom stereocenters. The lowest BCUT2D eigenvalue weighted by Crippen LogP contribution is -2.47. The minimum absolute atomic E-state index is 0.0679. The Balaban J connectivity index is 1.00. The van der Waals surface area contributed by atoms with Gasteiger partial charge in [0.15, 0.2) is 0 Å². The number of amides is 1. The van der Waals surface area contributed by atoms with Crippen molar-refractivity contribution < 1.29 is 31.6 Å². The number of H-pyrrole nitrogens is 1. The predicted octanol–water partition coefficient (Wildman–Crippen LogP) is 7.14. The predicted molar refractivity (Wildman–Crippen MR) is 242 cm³/mol. The molecule has 3 aromatic carbocycles. The number of pyridine rings is 1. The fourth-order valence-corrected chi connectivity index (χ4v) is 10.2. The molecule has 1 aliphatic carbocycles. The lowest BCUT2D eigenvalue weighted by atomic mass is 9.72. The molecule has 63 heavy (non-hydrogen) atoms. The first-order valence-corrected chi connectivity index (χ1v) is 23.8. The summed E-state index contributed by atoms with van der Waals surface area (Å²) in [7, 11) is -4.63. The van der Waals surface area contributed by atoms with Gasteiger partial charge >= 0.3 is 0 Å². The number of aromatic nitrogens is 2. The molecule has 2 atom stereocenters. The van der Waals surface area contributed by atoms with Crippen molar-refractivity contribution in [1.82, 2.24) is 24.5 Å². The molecule has 8 rings (SSSR count). The summed E-state index contributed by atoms with van der Waals surface area (Å²) in [6.45, 7) is 9.33. The number of benzene rings is 3. The summed E-state index contributed by atoms with van der Waals surface area (Å²) >= 11 is 3.96. The Kier molecular flexibility index (Phi) is 12.9. The maximum absolute atomic E-state index is 13.9. The number of anilines is 2. The van der Waals surface area contributed by atoms with Crippen molar-refractivity contribution >= 4 is 72.3 Å². The Hall–Kier alpha value is -5.37. The van der Waals surface area contributed by atoms with Gasteiger partial charge in [-0.2, -0.15) is 0 Å². The molecule has 3 aliphatic rings. The van der Waals surface area contributed by atoms with Crippen molar-refractivity contribution in [2.75, 3.05) is 61.9 Å². The van der Waals surface area contributed by atoms with Crippen molar-refractivity contribution in [3.05, 3.63) is 117 Å². The first kappa shape index (κ1) is 44.2. The van der Waals surface area contributed by atoms with Crippen molar-refractivity contribution in [1.29, 1.82) is 0 Å². The van der Waals surface area contributed by atoms with E-state index in [9.17, 15) is 32.1 Å². The van der Waals surface area contributed by atoms with Crippen molar-refractivity contribution in [3.63, 3.8) is 0 Å². The number of nitro benzene ring substituents is 1. The molecule has 0 bridgehead atoms. The number of piperazine rings is 1. The van der Waals surface area contributed by atoms with Crippen LogP contribution in [0.1, 0.15) is 55.5 Å². The van der Waals surface area contributed by atoms with Crippen LogP contribution in [-0.2, 0) is 21.1 Å². The highest BCUT2D eigenvalue weighted by molar-refractivity contribution is 7.90. The topological polar surface area (TPSA) is 206 Å². The Morgan fingerprint density at radius 2 is 1.81 bits per heavy atom. The molecule has 4 heterocycles. The zero-order valence-corrected chi connectivity index (χ0v) is 37.2. The van der Waals surface area contributed by atoms with Gasteiger partial charge in [0.25, 0.3) is 21.6 Å². The Bertz CT molecular complexity index is 2700. The molecule has 16 nitrogen and oxygen atoms in total. The normalized spacial score (nSPS) is 19.0. The summed E-state index contributed by atoms with van der Waals surface area (Å²) in [6, 6.07) is 19.7. The molecule has 19 heteroatoms. The summed E-state index contributed by atoms with van der Waals surface area (Å²) < 4.78 is 58.1. The highest BCUT2D eigenvalue weighted by Crippen LogP contribution is 2.43. The minimum atomic E-state index is -4.63. The maximum Gasteiger partial charge on any atom is 0.293 e. The van der Waals surface area contributed by atoms with Gasteiger partial charge in [0.2, 0.25) is 0 Å². The molecule has 0 saturated carbocycles. The highest BCUT2D eigenvalue weighted by atomic mass is 35.5. The molecule has 5 aromatic rings. The van der Waals surface area contributed by atoms with Gasteiger partial charge in [-0.1, -0.05) is 43.2 Å². The van der Waals surface area contributed by atoms with E-state index >= 15 is 0 Å². The van der Waals surface area contributed by atoms with Gasteiger partial charge in [0.05, 0.1) is 27.5 Å². The maximum atomic E-state index is 13.9. The third kappa shape index (κ3) is 10.5. The summed E-state index contributed by atoms with van der Waals surface area (Å²) in [5.74, 6) is -0.733. The largest absolute Gasteiger partial charge is 0.771 e. The third-order valence-electron chi connectivity index (χ3n) is 12.0. The van der Waals surface area contributed by atoms with Crippen LogP contribution in [0.15, 0.2) is 95.7 Å². The molecule has 2 aliphatic heterocycles. The molecule has 0 radical (unpaired) electrons. The Labute approximate surface area is 373 Å². The first-order chi connectivity index (χ1) is 30.1. The number of carbonyl (C=O) groups excluding carboxylic acids is 1. The molecule has 2 aromatic heterocycles. The van der Waals surface area contributed by atoms with Gasteiger partial charge in [0, 0.05) is 86.3 Å². The number of nitro groups is 1. The van der Waals surface area contributed by atoms with Crippen LogP contribution in [0.25, 0.3) is 16.6 Å². The number of hydrogen-bond acceptors (Lipinski definition) is 13. The number of halogens is 1. The van der Waals surface area contributed by atoms with E-state index in [-0.39, 0.29) is 34.3 Å². The van der Waals surface area contributed by atoms with E-state index in [1.165, 1.54) is 41.1 Å². The van der Waals surface area contributed by atoms with E-state index in [0.29, 0.717) is 44.0 Å². The molecule has 2 saturated heterocycles. The zero-order valence-electron chi connectivity index (χ0n) is 34.8. The van der Waals surface area contributed by atoms with E-state index in [0.717, 1.165) is 61.1 Å². The average molecular weight is 917 g/mol. The van der Waals surface area contributed by atoms with Gasteiger partial charge in [-0.3, -0.25) is 28.9 Å². The lowest BCUT2D eigenvalue weighted by molar-refractivity contribution is -0.384. The van der Waals surface area contributed by atoms with Crippen molar-refractivity contribution in [2.24, 2.45) is 5.41 Å². The van der Waals surface area contributed by atoms with E-state index in [4.69, 9.17) is 16.3 Å². The molecule has 332 valence electrons. The van der Waals surface area contributed by atoms with Gasteiger partial charge < -0.3 is 24.5 Å². The number of fused-ring (bicyclic) bond motifs is 1. The molecule has 3 N–H and O–H groups in total. The summed E-state index contributed by atoms with van der Waals surface area (Å²) in [6.07, 6.45) is 6.93. The number of carbonyl (C=O) groups is 1. The number of hydrogen-bond donors (Lipinski definition) is 3. The molecular weight excluding hydrogens is 868 g/mol. The van der Waals surface area contributed by atoms with Gasteiger partial charge in [-0.25, -0.2) is 18.1 Å². The fraction of sp³-hybridized carbons (Fsp3) is 0.364. The quantitative estimate of drug-likeness (QED) is 0.0576. The number of allylic oxidation sites excluding steroid dienone is 1. The number of rotatable bonds is 14. The highest BCUT2D eigenvalue weighted by Gasteiger charge is 2.31. The molecule has 0 spiro atoms. The van der Waals surface area contributed by atoms with Gasteiger partial charge in [0.1, 0.15) is 22.8 Å². The summed E-state index contributed by atoms with van der Waals surface area (Å²) in [5, 5.41) is 16.7. The van der Waals surface area contributed by atoms with Gasteiger partial charge in [-0.05, 0) is 102 Å².